The molecular formula is C32H26Cl2F6N4O5. The largest absolute Gasteiger partial charge is 0.456 e. The SMILES string of the molecule is CCCNc1c([N+](=O)[O-])ccc(Oc2ccc([N+](=O)[O-])c(NCCC)c2-c2ccc(C(F)(F)F)cc2Cl)c1-c1ccc(C(F)(F)F)cc1Cl. The molecule has 0 aliphatic carbocycles. The highest BCUT2D eigenvalue weighted by Gasteiger charge is 2.34. The molecule has 0 atom stereocenters. The third-order valence-electron chi connectivity index (χ3n) is 7.14. The Balaban J connectivity index is 2.07. The van der Waals surface area contributed by atoms with E-state index in [1.165, 1.54) is 0 Å². The third kappa shape index (κ3) is 8.11. The van der Waals surface area contributed by atoms with Crippen LogP contribution in [-0.4, -0.2) is 22.9 Å². The Labute approximate surface area is 285 Å². The summed E-state index contributed by atoms with van der Waals surface area (Å²) in [5.74, 6) is -0.379. The van der Waals surface area contributed by atoms with E-state index in [-0.39, 0.29) is 58.2 Å². The maximum Gasteiger partial charge on any atom is 0.416 e. The summed E-state index contributed by atoms with van der Waals surface area (Å²) in [6, 6.07) is 9.30. The molecule has 0 bridgehead atoms. The molecule has 0 saturated heterocycles. The molecule has 4 rings (SSSR count). The molecule has 0 aliphatic heterocycles. The van der Waals surface area contributed by atoms with E-state index >= 15 is 0 Å². The molecule has 0 amide bonds. The summed E-state index contributed by atoms with van der Waals surface area (Å²) >= 11 is 12.7. The van der Waals surface area contributed by atoms with Crippen LogP contribution in [0.1, 0.15) is 37.8 Å². The summed E-state index contributed by atoms with van der Waals surface area (Å²) in [5, 5.41) is 29.2. The number of nitro groups is 2. The predicted octanol–water partition coefficient (Wildman–Crippen LogP) is 11.6. The van der Waals surface area contributed by atoms with E-state index in [1.54, 1.807) is 13.8 Å². The molecule has 260 valence electrons. The molecule has 4 aromatic rings. The van der Waals surface area contributed by atoms with Gasteiger partial charge in [0.1, 0.15) is 22.9 Å². The van der Waals surface area contributed by atoms with Gasteiger partial charge in [0.25, 0.3) is 11.4 Å². The van der Waals surface area contributed by atoms with Crippen LogP contribution in [0, 0.1) is 20.2 Å². The van der Waals surface area contributed by atoms with Crippen LogP contribution >= 0.6 is 23.2 Å². The Hall–Kier alpha value is -4.76. The summed E-state index contributed by atoms with van der Waals surface area (Å²) in [5.41, 5.74) is -3.81. The summed E-state index contributed by atoms with van der Waals surface area (Å²) in [4.78, 5) is 22.8. The molecule has 0 unspecified atom stereocenters. The first-order valence-electron chi connectivity index (χ1n) is 14.5. The van der Waals surface area contributed by atoms with E-state index in [0.29, 0.717) is 25.0 Å². The second kappa shape index (κ2) is 14.8. The number of hydrogen-bond donors (Lipinski definition) is 2. The van der Waals surface area contributed by atoms with Crippen molar-refractivity contribution < 1.29 is 40.9 Å². The first kappa shape index (κ1) is 37.1. The van der Waals surface area contributed by atoms with E-state index in [4.69, 9.17) is 27.9 Å². The molecule has 0 fully saturated rings. The van der Waals surface area contributed by atoms with Gasteiger partial charge in [-0.2, -0.15) is 26.3 Å². The van der Waals surface area contributed by atoms with E-state index in [0.717, 1.165) is 48.5 Å². The predicted molar refractivity (Wildman–Crippen MR) is 175 cm³/mol. The van der Waals surface area contributed by atoms with Crippen LogP contribution in [-0.2, 0) is 12.4 Å². The molecule has 0 saturated carbocycles. The lowest BCUT2D eigenvalue weighted by Gasteiger charge is -2.22. The highest BCUT2D eigenvalue weighted by atomic mass is 35.5. The lowest BCUT2D eigenvalue weighted by atomic mass is 9.98. The molecule has 0 radical (unpaired) electrons. The van der Waals surface area contributed by atoms with Crippen molar-refractivity contribution in [3.8, 4) is 33.8 Å². The highest BCUT2D eigenvalue weighted by Crippen LogP contribution is 2.51. The number of halogens is 8. The van der Waals surface area contributed by atoms with Crippen LogP contribution in [0.3, 0.4) is 0 Å². The second-order valence-electron chi connectivity index (χ2n) is 10.5. The molecule has 0 spiro atoms. The smallest absolute Gasteiger partial charge is 0.416 e. The van der Waals surface area contributed by atoms with E-state index < -0.39 is 54.7 Å². The van der Waals surface area contributed by atoms with Crippen molar-refractivity contribution in [3.05, 3.63) is 102 Å². The molecule has 17 heteroatoms. The van der Waals surface area contributed by atoms with Crippen LogP contribution in [0.25, 0.3) is 22.3 Å². The molecule has 9 nitrogen and oxygen atoms in total. The van der Waals surface area contributed by atoms with Crippen LogP contribution in [0.4, 0.5) is 49.1 Å². The zero-order chi connectivity index (χ0) is 36.3. The highest BCUT2D eigenvalue weighted by molar-refractivity contribution is 6.34. The maximum atomic E-state index is 13.5. The van der Waals surface area contributed by atoms with Crippen molar-refractivity contribution in [2.45, 2.75) is 39.0 Å². The minimum Gasteiger partial charge on any atom is -0.456 e. The summed E-state index contributed by atoms with van der Waals surface area (Å²) in [6.45, 7) is 3.91. The van der Waals surface area contributed by atoms with Gasteiger partial charge in [-0.3, -0.25) is 20.2 Å². The second-order valence-corrected chi connectivity index (χ2v) is 11.3. The van der Waals surface area contributed by atoms with Crippen LogP contribution in [0.5, 0.6) is 11.5 Å². The minimum absolute atomic E-state index is 0.0904. The molecule has 2 N–H and O–H groups in total. The molecule has 0 aromatic heterocycles. The van der Waals surface area contributed by atoms with Gasteiger partial charge in [0.2, 0.25) is 0 Å². The number of ether oxygens (including phenoxy) is 1. The van der Waals surface area contributed by atoms with E-state index in [1.807, 2.05) is 0 Å². The van der Waals surface area contributed by atoms with Crippen molar-refractivity contribution in [1.29, 1.82) is 0 Å². The number of anilines is 2. The molecule has 0 heterocycles. The standard InChI is InChI=1S/C32H26Cl2F6N4O5/c1-3-13-41-29-23(43(45)46)9-11-25(27(29)19-7-5-17(15-21(19)33)31(35,36)37)49-26-12-10-24(44(47)48)30(42-14-4-2)28(26)20-8-6-18(16-22(20)34)32(38,39)40/h5-12,15-16,41-42H,3-4,13-14H2,1-2H3. The number of rotatable bonds is 12. The molecular weight excluding hydrogens is 705 g/mol. The van der Waals surface area contributed by atoms with Gasteiger partial charge < -0.3 is 15.4 Å². The van der Waals surface area contributed by atoms with Gasteiger partial charge >= 0.3 is 12.4 Å². The van der Waals surface area contributed by atoms with Gasteiger partial charge in [-0.1, -0.05) is 49.2 Å². The van der Waals surface area contributed by atoms with Crippen molar-refractivity contribution >= 4 is 46.0 Å². The van der Waals surface area contributed by atoms with Gasteiger partial charge in [0.15, 0.2) is 0 Å². The summed E-state index contributed by atoms with van der Waals surface area (Å²) in [6.07, 6.45) is -8.56. The average molecular weight is 731 g/mol. The Morgan fingerprint density at radius 1 is 0.653 bits per heavy atom. The van der Waals surface area contributed by atoms with E-state index in [2.05, 4.69) is 10.6 Å². The lowest BCUT2D eigenvalue weighted by Crippen LogP contribution is -2.09. The molecule has 49 heavy (non-hydrogen) atoms. The normalized spacial score (nSPS) is 11.7. The quantitative estimate of drug-likeness (QED) is 0.0845. The Bertz CT molecular complexity index is 1770. The number of nitro benzene ring substituents is 2. The Morgan fingerprint density at radius 3 is 1.31 bits per heavy atom. The first-order chi connectivity index (χ1) is 23.0. The lowest BCUT2D eigenvalue weighted by molar-refractivity contribution is -0.384. The molecule has 4 aromatic carbocycles. The zero-order valence-corrected chi connectivity index (χ0v) is 27.1. The van der Waals surface area contributed by atoms with Gasteiger partial charge in [0.05, 0.1) is 32.1 Å². The molecule has 0 aliphatic rings. The number of nitrogens with one attached hydrogen (secondary N) is 2. The van der Waals surface area contributed by atoms with Gasteiger partial charge in [-0.25, -0.2) is 0 Å². The maximum absolute atomic E-state index is 13.5. The number of benzene rings is 4. The van der Waals surface area contributed by atoms with Gasteiger partial charge in [0, 0.05) is 46.4 Å². The number of alkyl halides is 6. The third-order valence-corrected chi connectivity index (χ3v) is 7.76. The fraction of sp³-hybridized carbons (Fsp3) is 0.250. The van der Waals surface area contributed by atoms with Gasteiger partial charge in [-0.15, -0.1) is 0 Å². The average Bonchev–Trinajstić information content (AvgIpc) is 3.01. The van der Waals surface area contributed by atoms with E-state index in [9.17, 15) is 46.6 Å². The van der Waals surface area contributed by atoms with Crippen molar-refractivity contribution in [2.24, 2.45) is 0 Å². The fourth-order valence-electron chi connectivity index (χ4n) is 4.92. The van der Waals surface area contributed by atoms with Crippen LogP contribution in [0.2, 0.25) is 10.0 Å². The van der Waals surface area contributed by atoms with Crippen LogP contribution < -0.4 is 15.4 Å². The first-order valence-corrected chi connectivity index (χ1v) is 15.3. The van der Waals surface area contributed by atoms with Crippen molar-refractivity contribution in [1.82, 2.24) is 0 Å². The number of hydrogen-bond acceptors (Lipinski definition) is 7. The van der Waals surface area contributed by atoms with Crippen molar-refractivity contribution in [2.75, 3.05) is 23.7 Å². The Morgan fingerprint density at radius 2 is 1.02 bits per heavy atom. The summed E-state index contributed by atoms with van der Waals surface area (Å²) < 4.78 is 87.4. The number of nitrogens with zero attached hydrogens (tertiary/aromatic N) is 2. The topological polar surface area (TPSA) is 120 Å². The zero-order valence-electron chi connectivity index (χ0n) is 25.6. The fourth-order valence-corrected chi connectivity index (χ4v) is 5.47. The minimum atomic E-state index is -4.76. The van der Waals surface area contributed by atoms with Crippen molar-refractivity contribution in [3.63, 3.8) is 0 Å². The van der Waals surface area contributed by atoms with Gasteiger partial charge in [-0.05, 0) is 49.2 Å². The van der Waals surface area contributed by atoms with Crippen LogP contribution in [0.15, 0.2) is 60.7 Å². The summed E-state index contributed by atoms with van der Waals surface area (Å²) in [7, 11) is 0. The monoisotopic (exact) mass is 730 g/mol. The Kier molecular flexibility index (Phi) is 11.2.